The molecule has 286 valence electrons. The lowest BCUT2D eigenvalue weighted by Gasteiger charge is -2.42. The summed E-state index contributed by atoms with van der Waals surface area (Å²) < 4.78 is 38.7. The van der Waals surface area contributed by atoms with Gasteiger partial charge in [-0.1, -0.05) is 122 Å². The zero-order valence-corrected chi connectivity index (χ0v) is 34.9. The number of carbonyl (C=O) groups excluding carboxylic acids is 1. The van der Waals surface area contributed by atoms with Crippen LogP contribution in [0, 0.1) is 0 Å². The van der Waals surface area contributed by atoms with Crippen LogP contribution in [0.2, 0.25) is 16.6 Å². The summed E-state index contributed by atoms with van der Waals surface area (Å²) in [7, 11) is -2.07. The molecular formula is C45H64F2O3SSi. The van der Waals surface area contributed by atoms with Gasteiger partial charge in [0.05, 0.1) is 0 Å². The fourth-order valence-electron chi connectivity index (χ4n) is 7.52. The normalized spacial score (nSPS) is 12.8. The molecule has 0 saturated heterocycles. The van der Waals surface area contributed by atoms with E-state index in [1.807, 2.05) is 12.1 Å². The molecule has 3 aromatic carbocycles. The minimum atomic E-state index is -2.55. The first-order chi connectivity index (χ1) is 24.8. The van der Waals surface area contributed by atoms with Crippen LogP contribution in [0.3, 0.4) is 0 Å². The molecule has 3 nitrogen and oxygen atoms in total. The van der Waals surface area contributed by atoms with E-state index in [1.165, 1.54) is 16.7 Å². The number of halogens is 2. The number of allylic oxidation sites excluding steroid dienone is 1. The van der Waals surface area contributed by atoms with E-state index in [1.54, 1.807) is 11.8 Å². The summed E-state index contributed by atoms with van der Waals surface area (Å²) in [6.07, 6.45) is 7.12. The Kier molecular flexibility index (Phi) is 18.2. The maximum Gasteiger partial charge on any atom is 0.258 e. The van der Waals surface area contributed by atoms with Gasteiger partial charge in [-0.15, -0.1) is 0 Å². The van der Waals surface area contributed by atoms with Gasteiger partial charge in [-0.05, 0) is 113 Å². The highest BCUT2D eigenvalue weighted by molar-refractivity contribution is 7.99. The lowest BCUT2D eigenvalue weighted by Crippen LogP contribution is -2.50. The maximum absolute atomic E-state index is 12.9. The molecule has 0 fully saturated rings. The predicted molar refractivity (Wildman–Crippen MR) is 223 cm³/mol. The van der Waals surface area contributed by atoms with Crippen molar-refractivity contribution in [2.75, 3.05) is 18.1 Å². The number of unbranched alkanes of at least 4 members (excludes halogenated alkanes) is 4. The topological polar surface area (TPSA) is 35.5 Å². The fraction of sp³-hybridized carbons (Fsp3) is 0.533. The lowest BCUT2D eigenvalue weighted by atomic mass is 9.88. The van der Waals surface area contributed by atoms with Crippen LogP contribution in [0.4, 0.5) is 8.78 Å². The van der Waals surface area contributed by atoms with Gasteiger partial charge in [-0.3, -0.25) is 4.79 Å². The number of carbonyl (C=O) groups is 1. The van der Waals surface area contributed by atoms with Crippen LogP contribution in [-0.4, -0.2) is 38.1 Å². The second kappa shape index (κ2) is 21.7. The number of benzene rings is 3. The molecule has 0 heterocycles. The fourth-order valence-corrected chi connectivity index (χ4v) is 13.7. The Morgan fingerprint density at radius 3 is 1.75 bits per heavy atom. The van der Waals surface area contributed by atoms with Gasteiger partial charge >= 0.3 is 0 Å². The molecule has 0 N–H and O–H groups in total. The molecule has 0 aromatic heterocycles. The van der Waals surface area contributed by atoms with Crippen LogP contribution >= 0.6 is 11.8 Å². The first-order valence-electron chi connectivity index (χ1n) is 19.6. The van der Waals surface area contributed by atoms with E-state index in [4.69, 9.17) is 9.16 Å². The van der Waals surface area contributed by atoms with Gasteiger partial charge in [0.1, 0.15) is 18.1 Å². The van der Waals surface area contributed by atoms with Crippen LogP contribution in [0.1, 0.15) is 130 Å². The number of ketones is 1. The summed E-state index contributed by atoms with van der Waals surface area (Å²) in [5.74, 6) is 1.02. The molecule has 52 heavy (non-hydrogen) atoms. The van der Waals surface area contributed by atoms with Crippen LogP contribution in [0.15, 0.2) is 78.9 Å². The molecule has 0 aliphatic rings. The van der Waals surface area contributed by atoms with Crippen molar-refractivity contribution in [1.29, 1.82) is 0 Å². The number of rotatable bonds is 24. The second-order valence-electron chi connectivity index (χ2n) is 15.2. The minimum absolute atomic E-state index is 0.0286. The Morgan fingerprint density at radius 1 is 0.692 bits per heavy atom. The first-order valence-corrected chi connectivity index (χ1v) is 22.9. The number of hydrogen-bond donors (Lipinski definition) is 0. The highest BCUT2D eigenvalue weighted by Gasteiger charge is 2.47. The third kappa shape index (κ3) is 13.5. The van der Waals surface area contributed by atoms with E-state index in [2.05, 4.69) is 115 Å². The summed E-state index contributed by atoms with van der Waals surface area (Å²) in [4.78, 5) is 12.6. The van der Waals surface area contributed by atoms with Gasteiger partial charge < -0.3 is 9.16 Å². The van der Waals surface area contributed by atoms with E-state index >= 15 is 0 Å². The molecule has 7 heteroatoms. The highest BCUT2D eigenvalue weighted by Crippen LogP contribution is 2.43. The molecule has 0 spiro atoms. The van der Waals surface area contributed by atoms with Crippen molar-refractivity contribution < 1.29 is 22.7 Å². The highest BCUT2D eigenvalue weighted by atomic mass is 32.2. The summed E-state index contributed by atoms with van der Waals surface area (Å²) in [6, 6.07) is 27.4. The molecule has 0 radical (unpaired) electrons. The quantitative estimate of drug-likeness (QED) is 0.0519. The van der Waals surface area contributed by atoms with Gasteiger partial charge in [-0.2, -0.15) is 11.8 Å². The number of thioether (sulfide) groups is 1. The van der Waals surface area contributed by atoms with Crippen molar-refractivity contribution >= 4 is 37.0 Å². The summed E-state index contributed by atoms with van der Waals surface area (Å²) in [6.45, 7) is 17.2. The number of ether oxygens (including phenoxy) is 1. The Labute approximate surface area is 319 Å². The molecule has 3 rings (SSSR count). The number of alkyl halides is 2. The van der Waals surface area contributed by atoms with Crippen LogP contribution in [-0.2, 0) is 4.79 Å². The van der Waals surface area contributed by atoms with E-state index in [0.717, 1.165) is 73.8 Å². The monoisotopic (exact) mass is 750 g/mol. The molecule has 0 bridgehead atoms. The molecule has 0 atom stereocenters. The molecule has 3 aromatic rings. The number of Topliss-reactive ketones (excluding diaryl/α,β-unsaturated/α-hetero) is 1. The average Bonchev–Trinajstić information content (AvgIpc) is 3.11. The Bertz CT molecular complexity index is 1470. The van der Waals surface area contributed by atoms with E-state index in [-0.39, 0.29) is 18.8 Å². The molecule has 0 aliphatic heterocycles. The summed E-state index contributed by atoms with van der Waals surface area (Å²) in [5.41, 5.74) is 7.39. The predicted octanol–water partition coefficient (Wildman–Crippen LogP) is 14.1. The summed E-state index contributed by atoms with van der Waals surface area (Å²) in [5, 5.41) is 0. The SMILES string of the molecule is CC/C(=C(/c1ccc(OCC(=O)CCCCCCCSCCCC(C)(F)F)cc1)c1ccc(O[Si](C(C)C)(C(C)C)C(C)C)cc1)c1ccccc1. The second-order valence-corrected chi connectivity index (χ2v) is 21.8. The van der Waals surface area contributed by atoms with Gasteiger partial charge in [0.25, 0.3) is 8.32 Å². The third-order valence-corrected chi connectivity index (χ3v) is 17.3. The standard InChI is InChI=1S/C45H64F2O3SSi/c1-9-43(37-19-14-13-15-20-37)44(39-24-28-42(29-25-39)50-52(34(2)3,35(4)5)36(6)7)38-22-26-41(27-23-38)49-33-40(48)21-16-11-10-12-17-31-51-32-18-30-45(8,46)47/h13-15,19-20,22-29,34-36H,9-12,16-18,21,30-33H2,1-8H3/b44-43+. The minimum Gasteiger partial charge on any atom is -0.543 e. The lowest BCUT2D eigenvalue weighted by molar-refractivity contribution is -0.121. The van der Waals surface area contributed by atoms with Crippen molar-refractivity contribution in [3.8, 4) is 11.5 Å². The third-order valence-electron chi connectivity index (χ3n) is 10.1. The van der Waals surface area contributed by atoms with Gasteiger partial charge in [0, 0.05) is 12.8 Å². The van der Waals surface area contributed by atoms with Crippen molar-refractivity contribution in [2.24, 2.45) is 0 Å². The molecule has 0 aliphatic carbocycles. The molecule has 0 amide bonds. The average molecular weight is 751 g/mol. The largest absolute Gasteiger partial charge is 0.543 e. The van der Waals surface area contributed by atoms with Gasteiger partial charge in [0.2, 0.25) is 5.92 Å². The van der Waals surface area contributed by atoms with Gasteiger partial charge in [-0.25, -0.2) is 8.78 Å². The van der Waals surface area contributed by atoms with Crippen LogP contribution in [0.5, 0.6) is 11.5 Å². The van der Waals surface area contributed by atoms with E-state index in [9.17, 15) is 13.6 Å². The van der Waals surface area contributed by atoms with Crippen molar-refractivity contribution in [3.63, 3.8) is 0 Å². The number of hydrogen-bond acceptors (Lipinski definition) is 4. The zero-order valence-electron chi connectivity index (χ0n) is 33.1. The molecule has 0 unspecified atom stereocenters. The molecular weight excluding hydrogens is 687 g/mol. The van der Waals surface area contributed by atoms with E-state index in [0.29, 0.717) is 35.2 Å². The van der Waals surface area contributed by atoms with Crippen molar-refractivity contribution in [1.82, 2.24) is 0 Å². The smallest absolute Gasteiger partial charge is 0.258 e. The zero-order chi connectivity index (χ0) is 38.1. The first kappa shape index (κ1) is 43.5. The van der Waals surface area contributed by atoms with Crippen molar-refractivity contribution in [3.05, 3.63) is 95.6 Å². The Hall–Kier alpha value is -2.90. The van der Waals surface area contributed by atoms with Crippen LogP contribution < -0.4 is 9.16 Å². The van der Waals surface area contributed by atoms with Crippen molar-refractivity contribution in [2.45, 2.75) is 136 Å². The summed E-state index contributed by atoms with van der Waals surface area (Å²) >= 11 is 1.76. The Balaban J connectivity index is 1.62. The van der Waals surface area contributed by atoms with E-state index < -0.39 is 14.2 Å². The molecule has 0 saturated carbocycles. The maximum atomic E-state index is 12.9. The Morgan fingerprint density at radius 2 is 1.21 bits per heavy atom. The van der Waals surface area contributed by atoms with Crippen LogP contribution in [0.25, 0.3) is 11.1 Å². The van der Waals surface area contributed by atoms with Gasteiger partial charge in [0.15, 0.2) is 5.78 Å².